The third kappa shape index (κ3) is 6.97. The quantitative estimate of drug-likeness (QED) is 0.599. The highest BCUT2D eigenvalue weighted by Crippen LogP contribution is 2.27. The molecular weight excluding hydrogens is 280 g/mol. The van der Waals surface area contributed by atoms with E-state index in [0.29, 0.717) is 6.42 Å². The maximum Gasteiger partial charge on any atom is 0.272 e. The van der Waals surface area contributed by atoms with Crippen LogP contribution in [0.5, 0.6) is 0 Å². The predicted octanol–water partition coefficient (Wildman–Crippen LogP) is 4.16. The monoisotopic (exact) mass is 297 g/mol. The van der Waals surface area contributed by atoms with Gasteiger partial charge in [0.1, 0.15) is 0 Å². The number of amides is 1. The zero-order valence-corrected chi connectivity index (χ0v) is 12.6. The van der Waals surface area contributed by atoms with Crippen molar-refractivity contribution in [3.05, 3.63) is 24.3 Å². The molecule has 0 fully saturated rings. The molecule has 0 saturated carbocycles. The minimum atomic E-state index is -1.94. The normalized spacial score (nSPS) is 14.7. The molecule has 0 saturated heterocycles. The topological polar surface area (TPSA) is 29.1 Å². The van der Waals surface area contributed by atoms with Crippen LogP contribution in [0, 0.1) is 0 Å². The number of nitrogens with one attached hydrogen (secondary N) is 1. The lowest BCUT2D eigenvalue weighted by Crippen LogP contribution is -2.48. The summed E-state index contributed by atoms with van der Waals surface area (Å²) in [7, 11) is 0. The Bertz CT molecular complexity index is 316. The number of hydrogen-bond acceptors (Lipinski definition) is 1. The summed E-state index contributed by atoms with van der Waals surface area (Å²) in [5.74, 6) is -0.637. The van der Waals surface area contributed by atoms with Gasteiger partial charge in [0.25, 0.3) is 9.70 Å². The van der Waals surface area contributed by atoms with Crippen LogP contribution >= 0.6 is 34.8 Å². The molecule has 0 radical (unpaired) electrons. The average Bonchev–Trinajstić information content (AvgIpc) is 2.15. The standard InChI is InChI=1S/C12H18Cl3NO/c1-5-11(4,8-6-7-9(2)3)16-10(17)12(13,14)15/h5,7H,1,6,8H2,2-4H3,(H,16,17)/t11-/m1/s1. The molecule has 2 nitrogen and oxygen atoms in total. The Morgan fingerprint density at radius 1 is 1.35 bits per heavy atom. The maximum absolute atomic E-state index is 11.6. The van der Waals surface area contributed by atoms with Crippen molar-refractivity contribution < 1.29 is 4.79 Å². The highest BCUT2D eigenvalue weighted by Gasteiger charge is 2.34. The highest BCUT2D eigenvalue weighted by molar-refractivity contribution is 6.76. The van der Waals surface area contributed by atoms with Gasteiger partial charge in [0.05, 0.1) is 5.54 Å². The van der Waals surface area contributed by atoms with Gasteiger partial charge >= 0.3 is 0 Å². The first-order valence-electron chi connectivity index (χ1n) is 5.27. The third-order valence-electron chi connectivity index (χ3n) is 2.32. The van der Waals surface area contributed by atoms with E-state index < -0.39 is 15.2 Å². The van der Waals surface area contributed by atoms with Crippen LogP contribution in [-0.4, -0.2) is 15.2 Å². The molecule has 98 valence electrons. The molecule has 0 heterocycles. The lowest BCUT2D eigenvalue weighted by atomic mass is 9.95. The van der Waals surface area contributed by atoms with Crippen molar-refractivity contribution in [2.75, 3.05) is 0 Å². The first kappa shape index (κ1) is 16.8. The second-order valence-electron chi connectivity index (χ2n) is 4.39. The molecule has 0 bridgehead atoms. The molecule has 0 aromatic rings. The van der Waals surface area contributed by atoms with E-state index in [4.69, 9.17) is 34.8 Å². The second kappa shape index (κ2) is 6.67. The van der Waals surface area contributed by atoms with Gasteiger partial charge in [-0.05, 0) is 33.6 Å². The second-order valence-corrected chi connectivity index (χ2v) is 6.67. The summed E-state index contributed by atoms with van der Waals surface area (Å²) >= 11 is 16.5. The number of carbonyl (C=O) groups excluding carboxylic acids is 1. The number of halogens is 3. The van der Waals surface area contributed by atoms with Gasteiger partial charge in [-0.25, -0.2) is 0 Å². The summed E-state index contributed by atoms with van der Waals surface area (Å²) in [5, 5.41) is 2.67. The van der Waals surface area contributed by atoms with Gasteiger partial charge in [-0.15, -0.1) is 6.58 Å². The molecule has 0 aliphatic rings. The Morgan fingerprint density at radius 3 is 2.24 bits per heavy atom. The molecule has 0 aliphatic carbocycles. The largest absolute Gasteiger partial charge is 0.344 e. The molecule has 0 spiro atoms. The number of hydrogen-bond donors (Lipinski definition) is 1. The van der Waals surface area contributed by atoms with Crippen LogP contribution < -0.4 is 5.32 Å². The number of carbonyl (C=O) groups is 1. The van der Waals surface area contributed by atoms with Crippen molar-refractivity contribution in [3.63, 3.8) is 0 Å². The average molecular weight is 299 g/mol. The fourth-order valence-corrected chi connectivity index (χ4v) is 1.35. The van der Waals surface area contributed by atoms with Crippen molar-refractivity contribution in [1.29, 1.82) is 0 Å². The fourth-order valence-electron chi connectivity index (χ4n) is 1.21. The summed E-state index contributed by atoms with van der Waals surface area (Å²) < 4.78 is -1.94. The number of rotatable bonds is 5. The van der Waals surface area contributed by atoms with Gasteiger partial charge in [-0.1, -0.05) is 52.5 Å². The van der Waals surface area contributed by atoms with Crippen molar-refractivity contribution in [2.45, 2.75) is 42.9 Å². The highest BCUT2D eigenvalue weighted by atomic mass is 35.6. The minimum absolute atomic E-state index is 0.576. The Labute approximate surface area is 118 Å². The van der Waals surface area contributed by atoms with Gasteiger partial charge in [0, 0.05) is 0 Å². The Hall–Kier alpha value is -0.180. The van der Waals surface area contributed by atoms with Gasteiger partial charge in [0.2, 0.25) is 0 Å². The Kier molecular flexibility index (Phi) is 6.60. The molecule has 1 atom stereocenters. The van der Waals surface area contributed by atoms with Gasteiger partial charge in [-0.3, -0.25) is 4.79 Å². The van der Waals surface area contributed by atoms with Crippen LogP contribution in [0.4, 0.5) is 0 Å². The zero-order valence-electron chi connectivity index (χ0n) is 10.3. The zero-order chi connectivity index (χ0) is 13.7. The van der Waals surface area contributed by atoms with E-state index in [1.807, 2.05) is 20.8 Å². The molecule has 0 unspecified atom stereocenters. The SMILES string of the molecule is C=C[C@](C)(CCC=C(C)C)NC(=O)C(Cl)(Cl)Cl. The van der Waals surface area contributed by atoms with Crippen molar-refractivity contribution in [3.8, 4) is 0 Å². The van der Waals surface area contributed by atoms with E-state index in [0.717, 1.165) is 6.42 Å². The van der Waals surface area contributed by atoms with Crippen molar-refractivity contribution in [2.24, 2.45) is 0 Å². The molecule has 0 aromatic carbocycles. The summed E-state index contributed by atoms with van der Waals surface area (Å²) in [6.07, 6.45) is 5.27. The van der Waals surface area contributed by atoms with E-state index in [9.17, 15) is 4.79 Å². The lowest BCUT2D eigenvalue weighted by molar-refractivity contribution is -0.121. The van der Waals surface area contributed by atoms with Crippen molar-refractivity contribution in [1.82, 2.24) is 5.32 Å². The minimum Gasteiger partial charge on any atom is -0.344 e. The molecule has 1 amide bonds. The fraction of sp³-hybridized carbons (Fsp3) is 0.583. The Balaban J connectivity index is 4.53. The summed E-state index contributed by atoms with van der Waals surface area (Å²) in [6.45, 7) is 9.58. The van der Waals surface area contributed by atoms with Crippen LogP contribution in [0.3, 0.4) is 0 Å². The predicted molar refractivity (Wildman–Crippen MR) is 75.7 cm³/mol. The van der Waals surface area contributed by atoms with E-state index in [1.54, 1.807) is 6.08 Å². The van der Waals surface area contributed by atoms with E-state index in [1.165, 1.54) is 5.57 Å². The summed E-state index contributed by atoms with van der Waals surface area (Å²) in [6, 6.07) is 0. The smallest absolute Gasteiger partial charge is 0.272 e. The molecular formula is C12H18Cl3NO. The van der Waals surface area contributed by atoms with Crippen LogP contribution in [-0.2, 0) is 4.79 Å². The van der Waals surface area contributed by atoms with E-state index in [2.05, 4.69) is 18.0 Å². The first-order chi connectivity index (χ1) is 7.60. The van der Waals surface area contributed by atoms with Crippen molar-refractivity contribution >= 4 is 40.7 Å². The molecule has 5 heteroatoms. The van der Waals surface area contributed by atoms with Crippen LogP contribution in [0.15, 0.2) is 24.3 Å². The van der Waals surface area contributed by atoms with Gasteiger partial charge in [-0.2, -0.15) is 0 Å². The molecule has 1 N–H and O–H groups in total. The van der Waals surface area contributed by atoms with Crippen LogP contribution in [0.2, 0.25) is 0 Å². The molecule has 17 heavy (non-hydrogen) atoms. The molecule has 0 rings (SSSR count). The van der Waals surface area contributed by atoms with E-state index in [-0.39, 0.29) is 0 Å². The molecule has 0 aliphatic heterocycles. The Morgan fingerprint density at radius 2 is 1.88 bits per heavy atom. The lowest BCUT2D eigenvalue weighted by Gasteiger charge is -2.28. The van der Waals surface area contributed by atoms with Gasteiger partial charge in [0.15, 0.2) is 0 Å². The summed E-state index contributed by atoms with van der Waals surface area (Å²) in [4.78, 5) is 11.6. The first-order valence-corrected chi connectivity index (χ1v) is 6.40. The summed E-state index contributed by atoms with van der Waals surface area (Å²) in [5.41, 5.74) is 0.650. The van der Waals surface area contributed by atoms with Crippen LogP contribution in [0.1, 0.15) is 33.6 Å². The van der Waals surface area contributed by atoms with Gasteiger partial charge < -0.3 is 5.32 Å². The number of allylic oxidation sites excluding steroid dienone is 2. The van der Waals surface area contributed by atoms with Crippen LogP contribution in [0.25, 0.3) is 0 Å². The maximum atomic E-state index is 11.6. The number of alkyl halides is 3. The molecule has 0 aromatic heterocycles. The van der Waals surface area contributed by atoms with E-state index >= 15 is 0 Å². The third-order valence-corrected chi connectivity index (χ3v) is 2.84.